The molecule has 174 valence electrons. The smallest absolute Gasteiger partial charge is 0.243 e. The minimum atomic E-state index is -3.64. The first-order valence-electron chi connectivity index (χ1n) is 10.8. The van der Waals surface area contributed by atoms with Gasteiger partial charge in [-0.3, -0.25) is 9.59 Å². The van der Waals surface area contributed by atoms with Crippen LogP contribution >= 0.6 is 0 Å². The average Bonchev–Trinajstić information content (AvgIpc) is 3.28. The Hall–Kier alpha value is -2.65. The normalized spacial score (nSPS) is 15.5. The second-order valence-corrected chi connectivity index (χ2v) is 10.2. The number of nitrogens with zero attached hydrogens (tertiary/aromatic N) is 1. The van der Waals surface area contributed by atoms with Gasteiger partial charge in [-0.25, -0.2) is 8.42 Å². The molecule has 2 N–H and O–H groups in total. The largest absolute Gasteiger partial charge is 0.467 e. The van der Waals surface area contributed by atoms with E-state index in [2.05, 4.69) is 10.6 Å². The van der Waals surface area contributed by atoms with E-state index in [4.69, 9.17) is 4.42 Å². The molecule has 2 heterocycles. The van der Waals surface area contributed by atoms with E-state index in [1.165, 1.54) is 10.6 Å². The number of rotatable bonds is 7. The Morgan fingerprint density at radius 1 is 1.06 bits per heavy atom. The lowest BCUT2D eigenvalue weighted by atomic mass is 9.97. The molecule has 3 rings (SSSR count). The van der Waals surface area contributed by atoms with Crippen LogP contribution in [0.2, 0.25) is 0 Å². The molecule has 2 aromatic rings. The van der Waals surface area contributed by atoms with Gasteiger partial charge < -0.3 is 15.1 Å². The summed E-state index contributed by atoms with van der Waals surface area (Å²) in [6.45, 7) is 8.20. The van der Waals surface area contributed by atoms with Crippen LogP contribution in [-0.2, 0) is 26.2 Å². The SMILES string of the molecule is Cc1cc(C)c(C)c(S(=O)(=O)N2CCC(C(=O)NCC(=O)NCc3ccco3)CC2)c1C. The molecule has 1 saturated heterocycles. The Bertz CT molecular complexity index is 1060. The Labute approximate surface area is 189 Å². The molecule has 1 aliphatic heterocycles. The van der Waals surface area contributed by atoms with Gasteiger partial charge in [-0.15, -0.1) is 0 Å². The van der Waals surface area contributed by atoms with Crippen molar-refractivity contribution in [1.82, 2.24) is 14.9 Å². The monoisotopic (exact) mass is 461 g/mol. The molecule has 1 aliphatic rings. The van der Waals surface area contributed by atoms with Gasteiger partial charge in [0.25, 0.3) is 0 Å². The summed E-state index contributed by atoms with van der Waals surface area (Å²) >= 11 is 0. The van der Waals surface area contributed by atoms with E-state index in [1.54, 1.807) is 12.1 Å². The van der Waals surface area contributed by atoms with E-state index in [0.29, 0.717) is 23.5 Å². The number of nitrogens with one attached hydrogen (secondary N) is 2. The third-order valence-electron chi connectivity index (χ3n) is 6.18. The standard InChI is InChI=1S/C23H31N3O5S/c1-15-12-16(2)18(4)22(17(15)3)32(29,30)26-9-7-19(8-10-26)23(28)25-14-21(27)24-13-20-6-5-11-31-20/h5-6,11-12,19H,7-10,13-14H2,1-4H3,(H,24,27)(H,25,28). The van der Waals surface area contributed by atoms with Gasteiger partial charge in [0.2, 0.25) is 21.8 Å². The average molecular weight is 462 g/mol. The van der Waals surface area contributed by atoms with Crippen molar-refractivity contribution < 1.29 is 22.4 Å². The summed E-state index contributed by atoms with van der Waals surface area (Å²) in [6, 6.07) is 5.49. The molecule has 0 aliphatic carbocycles. The maximum Gasteiger partial charge on any atom is 0.243 e. The molecule has 0 saturated carbocycles. The van der Waals surface area contributed by atoms with Crippen LogP contribution in [0, 0.1) is 33.6 Å². The second kappa shape index (κ2) is 9.87. The summed E-state index contributed by atoms with van der Waals surface area (Å²) < 4.78 is 33.3. The summed E-state index contributed by atoms with van der Waals surface area (Å²) in [5.74, 6) is -0.224. The van der Waals surface area contributed by atoms with Crippen LogP contribution in [0.15, 0.2) is 33.8 Å². The van der Waals surface area contributed by atoms with E-state index >= 15 is 0 Å². The first kappa shape index (κ1) is 24.0. The zero-order valence-electron chi connectivity index (χ0n) is 19.0. The minimum Gasteiger partial charge on any atom is -0.467 e. The number of hydrogen-bond donors (Lipinski definition) is 2. The van der Waals surface area contributed by atoms with Gasteiger partial charge in [0.1, 0.15) is 5.76 Å². The Kier molecular flexibility index (Phi) is 7.40. The van der Waals surface area contributed by atoms with Crippen LogP contribution in [0.3, 0.4) is 0 Å². The zero-order chi connectivity index (χ0) is 23.5. The number of benzene rings is 1. The summed E-state index contributed by atoms with van der Waals surface area (Å²) in [4.78, 5) is 24.8. The molecular weight excluding hydrogens is 430 g/mol. The Balaban J connectivity index is 1.54. The van der Waals surface area contributed by atoms with Gasteiger partial charge in [-0.05, 0) is 74.9 Å². The lowest BCUT2D eigenvalue weighted by Crippen LogP contribution is -2.45. The third-order valence-corrected chi connectivity index (χ3v) is 8.36. The molecule has 2 amide bonds. The molecule has 0 spiro atoms. The van der Waals surface area contributed by atoms with Gasteiger partial charge in [0.05, 0.1) is 24.2 Å². The summed E-state index contributed by atoms with van der Waals surface area (Å²) in [6.07, 6.45) is 2.36. The molecule has 32 heavy (non-hydrogen) atoms. The number of sulfonamides is 1. The van der Waals surface area contributed by atoms with Crippen molar-refractivity contribution in [3.05, 3.63) is 52.5 Å². The first-order chi connectivity index (χ1) is 15.1. The van der Waals surface area contributed by atoms with Crippen molar-refractivity contribution in [1.29, 1.82) is 0 Å². The highest BCUT2D eigenvalue weighted by Gasteiger charge is 2.34. The van der Waals surface area contributed by atoms with Crippen molar-refractivity contribution in [3.63, 3.8) is 0 Å². The fourth-order valence-corrected chi connectivity index (χ4v) is 6.07. The zero-order valence-corrected chi connectivity index (χ0v) is 19.8. The lowest BCUT2D eigenvalue weighted by molar-refractivity contribution is -0.129. The summed E-state index contributed by atoms with van der Waals surface area (Å²) in [5, 5.41) is 5.32. The van der Waals surface area contributed by atoms with Crippen molar-refractivity contribution >= 4 is 21.8 Å². The number of hydrogen-bond acceptors (Lipinski definition) is 5. The predicted octanol–water partition coefficient (Wildman–Crippen LogP) is 2.35. The highest BCUT2D eigenvalue weighted by Crippen LogP contribution is 2.31. The van der Waals surface area contributed by atoms with Gasteiger partial charge in [0.15, 0.2) is 0 Å². The summed E-state index contributed by atoms with van der Waals surface area (Å²) in [7, 11) is -3.64. The van der Waals surface area contributed by atoms with E-state index in [9.17, 15) is 18.0 Å². The first-order valence-corrected chi connectivity index (χ1v) is 12.2. The minimum absolute atomic E-state index is 0.126. The van der Waals surface area contributed by atoms with Gasteiger partial charge in [0, 0.05) is 19.0 Å². The molecule has 0 atom stereocenters. The number of aryl methyl sites for hydroxylation is 2. The molecule has 1 aromatic carbocycles. The number of amides is 2. The molecular formula is C23H31N3O5S. The lowest BCUT2D eigenvalue weighted by Gasteiger charge is -2.31. The van der Waals surface area contributed by atoms with Gasteiger partial charge in [-0.1, -0.05) is 6.07 Å². The fourth-order valence-electron chi connectivity index (χ4n) is 4.03. The molecule has 8 nitrogen and oxygen atoms in total. The van der Waals surface area contributed by atoms with E-state index in [1.807, 2.05) is 33.8 Å². The van der Waals surface area contributed by atoms with Crippen molar-refractivity contribution in [2.24, 2.45) is 5.92 Å². The molecule has 9 heteroatoms. The topological polar surface area (TPSA) is 109 Å². The predicted molar refractivity (Wildman–Crippen MR) is 120 cm³/mol. The van der Waals surface area contributed by atoms with E-state index in [-0.39, 0.29) is 43.9 Å². The van der Waals surface area contributed by atoms with E-state index in [0.717, 1.165) is 22.3 Å². The van der Waals surface area contributed by atoms with Crippen LogP contribution in [0.25, 0.3) is 0 Å². The third kappa shape index (κ3) is 5.21. The molecule has 1 fully saturated rings. The van der Waals surface area contributed by atoms with Crippen molar-refractivity contribution in [2.75, 3.05) is 19.6 Å². The van der Waals surface area contributed by atoms with Crippen molar-refractivity contribution in [2.45, 2.75) is 52.0 Å². The fraction of sp³-hybridized carbons (Fsp3) is 0.478. The second-order valence-electron chi connectivity index (χ2n) is 8.34. The molecule has 1 aromatic heterocycles. The number of carbonyl (C=O) groups excluding carboxylic acids is 2. The van der Waals surface area contributed by atoms with Crippen LogP contribution in [0.5, 0.6) is 0 Å². The number of piperidine rings is 1. The summed E-state index contributed by atoms with van der Waals surface area (Å²) in [5.41, 5.74) is 3.44. The number of furan rings is 1. The number of carbonyl (C=O) groups is 2. The van der Waals surface area contributed by atoms with E-state index < -0.39 is 10.0 Å². The Morgan fingerprint density at radius 2 is 1.69 bits per heavy atom. The van der Waals surface area contributed by atoms with Crippen LogP contribution in [0.4, 0.5) is 0 Å². The maximum atomic E-state index is 13.4. The molecule has 0 radical (unpaired) electrons. The maximum absolute atomic E-state index is 13.4. The Morgan fingerprint density at radius 3 is 2.25 bits per heavy atom. The molecule has 0 unspecified atom stereocenters. The van der Waals surface area contributed by atoms with Crippen LogP contribution in [0.1, 0.15) is 40.9 Å². The van der Waals surface area contributed by atoms with Crippen molar-refractivity contribution in [3.8, 4) is 0 Å². The quantitative estimate of drug-likeness (QED) is 0.658. The molecule has 0 bridgehead atoms. The van der Waals surface area contributed by atoms with Gasteiger partial charge >= 0.3 is 0 Å². The van der Waals surface area contributed by atoms with Crippen LogP contribution in [-0.4, -0.2) is 44.2 Å². The highest BCUT2D eigenvalue weighted by molar-refractivity contribution is 7.89. The van der Waals surface area contributed by atoms with Crippen LogP contribution < -0.4 is 10.6 Å². The highest BCUT2D eigenvalue weighted by atomic mass is 32.2. The van der Waals surface area contributed by atoms with Gasteiger partial charge in [-0.2, -0.15) is 4.31 Å².